The molecule has 0 aromatic heterocycles. The Morgan fingerprint density at radius 3 is 2.56 bits per heavy atom. The molecule has 1 amide bonds. The van der Waals surface area contributed by atoms with Gasteiger partial charge in [-0.05, 0) is 12.8 Å². The number of ether oxygens (including phenoxy) is 2. The fourth-order valence-corrected chi connectivity index (χ4v) is 1.97. The summed E-state index contributed by atoms with van der Waals surface area (Å²) in [6, 6.07) is 0. The predicted octanol–water partition coefficient (Wildman–Crippen LogP) is -0.523. The summed E-state index contributed by atoms with van der Waals surface area (Å²) in [6.45, 7) is 1.45. The van der Waals surface area contributed by atoms with Gasteiger partial charge in [0.2, 0.25) is 0 Å². The lowest BCUT2D eigenvalue weighted by Crippen LogP contribution is -2.51. The Balaban J connectivity index is 1.93. The van der Waals surface area contributed by atoms with Crippen LogP contribution in [0.15, 0.2) is 0 Å². The molecule has 0 aliphatic carbocycles. The Labute approximate surface area is 93.1 Å². The van der Waals surface area contributed by atoms with E-state index in [0.29, 0.717) is 13.2 Å². The third-order valence-corrected chi connectivity index (χ3v) is 2.86. The molecule has 16 heavy (non-hydrogen) atoms. The molecule has 2 heterocycles. The Kier molecular flexibility index (Phi) is 3.40. The first-order valence-corrected chi connectivity index (χ1v) is 5.43. The summed E-state index contributed by atoms with van der Waals surface area (Å²) in [5.41, 5.74) is 0. The van der Waals surface area contributed by atoms with E-state index in [1.807, 2.05) is 0 Å². The van der Waals surface area contributed by atoms with Gasteiger partial charge in [0, 0.05) is 13.2 Å². The number of carboxylic acid groups (broad SMARTS) is 1. The number of aliphatic carboxylic acids is 1. The molecule has 6 heteroatoms. The Hall–Kier alpha value is -1.14. The van der Waals surface area contributed by atoms with Crippen molar-refractivity contribution < 1.29 is 24.2 Å². The molecular formula is C10H15NO5. The van der Waals surface area contributed by atoms with Crippen molar-refractivity contribution in [3.8, 4) is 0 Å². The van der Waals surface area contributed by atoms with Crippen LogP contribution < -0.4 is 0 Å². The lowest BCUT2D eigenvalue weighted by atomic mass is 10.2. The summed E-state index contributed by atoms with van der Waals surface area (Å²) in [4.78, 5) is 24.2. The largest absolute Gasteiger partial charge is 0.479 e. The van der Waals surface area contributed by atoms with Crippen LogP contribution in [0.3, 0.4) is 0 Å². The number of carbonyl (C=O) groups is 2. The van der Waals surface area contributed by atoms with Gasteiger partial charge in [0.15, 0.2) is 6.10 Å². The molecule has 2 rings (SSSR count). The number of nitrogens with zero attached hydrogens (tertiary/aromatic N) is 1. The van der Waals surface area contributed by atoms with E-state index in [4.69, 9.17) is 14.6 Å². The number of rotatable bonds is 2. The molecule has 0 saturated carbocycles. The van der Waals surface area contributed by atoms with Gasteiger partial charge in [-0.1, -0.05) is 0 Å². The van der Waals surface area contributed by atoms with Crippen molar-refractivity contribution in [2.75, 3.05) is 26.3 Å². The fraction of sp³-hybridized carbons (Fsp3) is 0.800. The van der Waals surface area contributed by atoms with Crippen molar-refractivity contribution in [2.45, 2.75) is 25.0 Å². The zero-order valence-electron chi connectivity index (χ0n) is 8.92. The van der Waals surface area contributed by atoms with Crippen LogP contribution in [0, 0.1) is 0 Å². The van der Waals surface area contributed by atoms with Gasteiger partial charge in [-0.15, -0.1) is 0 Å². The third kappa shape index (κ3) is 2.33. The minimum absolute atomic E-state index is 0.105. The third-order valence-electron chi connectivity index (χ3n) is 2.86. The minimum atomic E-state index is -1.02. The predicted molar refractivity (Wildman–Crippen MR) is 52.9 cm³/mol. The molecule has 0 radical (unpaired) electrons. The van der Waals surface area contributed by atoms with Crippen molar-refractivity contribution in [1.29, 1.82) is 0 Å². The summed E-state index contributed by atoms with van der Waals surface area (Å²) in [6.07, 6.45) is 0.337. The first kappa shape index (κ1) is 11.3. The first-order valence-electron chi connectivity index (χ1n) is 5.43. The van der Waals surface area contributed by atoms with Gasteiger partial charge in [0.25, 0.3) is 5.91 Å². The monoisotopic (exact) mass is 229 g/mol. The molecule has 1 N–H and O–H groups in total. The van der Waals surface area contributed by atoms with E-state index in [-0.39, 0.29) is 25.2 Å². The summed E-state index contributed by atoms with van der Waals surface area (Å²) >= 11 is 0. The molecule has 2 aliphatic rings. The number of hydrogen-bond donors (Lipinski definition) is 1. The molecule has 0 aromatic rings. The highest BCUT2D eigenvalue weighted by Gasteiger charge is 2.33. The lowest BCUT2D eigenvalue weighted by molar-refractivity contribution is -0.162. The smallest absolute Gasteiger partial charge is 0.334 e. The van der Waals surface area contributed by atoms with Gasteiger partial charge in [0.05, 0.1) is 13.2 Å². The number of carboxylic acids is 1. The maximum absolute atomic E-state index is 11.9. The molecule has 0 bridgehead atoms. The van der Waals surface area contributed by atoms with Gasteiger partial charge >= 0.3 is 5.97 Å². The van der Waals surface area contributed by atoms with Gasteiger partial charge in [-0.2, -0.15) is 0 Å². The summed E-state index contributed by atoms with van der Waals surface area (Å²) in [5.74, 6) is -1.13. The van der Waals surface area contributed by atoms with Crippen LogP contribution in [0.2, 0.25) is 0 Å². The zero-order chi connectivity index (χ0) is 11.5. The van der Waals surface area contributed by atoms with Crippen LogP contribution in [0.1, 0.15) is 12.8 Å². The molecule has 0 spiro atoms. The first-order chi connectivity index (χ1) is 7.68. The van der Waals surface area contributed by atoms with Crippen LogP contribution in [0.25, 0.3) is 0 Å². The molecule has 2 atom stereocenters. The Bertz CT molecular complexity index is 287. The average Bonchev–Trinajstić information content (AvgIpc) is 2.81. The van der Waals surface area contributed by atoms with Crippen LogP contribution in [0.5, 0.6) is 0 Å². The number of hydrogen-bond acceptors (Lipinski definition) is 4. The molecule has 6 nitrogen and oxygen atoms in total. The van der Waals surface area contributed by atoms with Gasteiger partial charge in [-0.3, -0.25) is 4.79 Å². The van der Waals surface area contributed by atoms with Crippen LogP contribution >= 0.6 is 0 Å². The molecule has 2 saturated heterocycles. The quantitative estimate of drug-likeness (QED) is 0.689. The molecule has 90 valence electrons. The van der Waals surface area contributed by atoms with Gasteiger partial charge in [-0.25, -0.2) is 4.79 Å². The van der Waals surface area contributed by atoms with E-state index < -0.39 is 12.1 Å². The van der Waals surface area contributed by atoms with E-state index in [1.165, 1.54) is 4.90 Å². The summed E-state index contributed by atoms with van der Waals surface area (Å²) < 4.78 is 10.3. The minimum Gasteiger partial charge on any atom is -0.479 e. The van der Waals surface area contributed by atoms with Crippen molar-refractivity contribution in [3.05, 3.63) is 0 Å². The SMILES string of the molecule is O=C(O)C1CN(C(=O)[C@H]2CCCO2)CCO1. The van der Waals surface area contributed by atoms with Gasteiger partial charge in [0.1, 0.15) is 6.10 Å². The molecule has 2 fully saturated rings. The average molecular weight is 229 g/mol. The van der Waals surface area contributed by atoms with E-state index in [0.717, 1.165) is 12.8 Å². The highest BCUT2D eigenvalue weighted by Crippen LogP contribution is 2.16. The Morgan fingerprint density at radius 1 is 1.19 bits per heavy atom. The Morgan fingerprint density at radius 2 is 1.94 bits per heavy atom. The highest BCUT2D eigenvalue weighted by molar-refractivity contribution is 5.82. The van der Waals surface area contributed by atoms with Crippen LogP contribution in [-0.4, -0.2) is 60.4 Å². The van der Waals surface area contributed by atoms with Crippen molar-refractivity contribution in [3.63, 3.8) is 0 Å². The second kappa shape index (κ2) is 4.80. The number of carbonyl (C=O) groups excluding carboxylic acids is 1. The molecule has 1 unspecified atom stereocenters. The summed E-state index contributed by atoms with van der Waals surface area (Å²) in [7, 11) is 0. The fourth-order valence-electron chi connectivity index (χ4n) is 1.97. The van der Waals surface area contributed by atoms with Crippen molar-refractivity contribution >= 4 is 11.9 Å². The molecule has 0 aromatic carbocycles. The second-order valence-electron chi connectivity index (χ2n) is 3.98. The van der Waals surface area contributed by atoms with Crippen LogP contribution in [0.4, 0.5) is 0 Å². The number of amides is 1. The van der Waals surface area contributed by atoms with E-state index in [2.05, 4.69) is 0 Å². The van der Waals surface area contributed by atoms with E-state index in [1.54, 1.807) is 0 Å². The standard InChI is InChI=1S/C10H15NO5/c12-9(7-2-1-4-15-7)11-3-5-16-8(6-11)10(13)14/h7-8H,1-6H2,(H,13,14)/t7-,8?/m1/s1. The lowest BCUT2D eigenvalue weighted by Gasteiger charge is -2.32. The van der Waals surface area contributed by atoms with E-state index >= 15 is 0 Å². The number of morpholine rings is 1. The summed E-state index contributed by atoms with van der Waals surface area (Å²) in [5, 5.41) is 8.81. The highest BCUT2D eigenvalue weighted by atomic mass is 16.5. The maximum Gasteiger partial charge on any atom is 0.334 e. The topological polar surface area (TPSA) is 76.1 Å². The van der Waals surface area contributed by atoms with Crippen molar-refractivity contribution in [1.82, 2.24) is 4.90 Å². The second-order valence-corrected chi connectivity index (χ2v) is 3.98. The van der Waals surface area contributed by atoms with Gasteiger partial charge < -0.3 is 19.5 Å². The maximum atomic E-state index is 11.9. The molecule has 2 aliphatic heterocycles. The van der Waals surface area contributed by atoms with Crippen LogP contribution in [-0.2, 0) is 19.1 Å². The normalized spacial score (nSPS) is 30.4. The van der Waals surface area contributed by atoms with Crippen molar-refractivity contribution in [2.24, 2.45) is 0 Å². The zero-order valence-corrected chi connectivity index (χ0v) is 8.92. The van der Waals surface area contributed by atoms with E-state index in [9.17, 15) is 9.59 Å². The molecular weight excluding hydrogens is 214 g/mol.